The predicted molar refractivity (Wildman–Crippen MR) is 88.1 cm³/mol. The lowest BCUT2D eigenvalue weighted by molar-refractivity contribution is -0.123. The summed E-state index contributed by atoms with van der Waals surface area (Å²) in [6, 6.07) is 8.01. The Kier molecular flexibility index (Phi) is 4.28. The van der Waals surface area contributed by atoms with Gasteiger partial charge in [0.2, 0.25) is 0 Å². The predicted octanol–water partition coefficient (Wildman–Crippen LogP) is 4.43. The molecule has 0 aromatic heterocycles. The van der Waals surface area contributed by atoms with E-state index in [1.54, 1.807) is 6.08 Å². The van der Waals surface area contributed by atoms with Crippen LogP contribution in [-0.2, 0) is 10.2 Å². The SMILES string of the molecule is CC(C)N1C(=O)SC(=Cc2ccc(C(C)(C)C)cc2)C1=O. The molecule has 3 nitrogen and oxygen atoms in total. The van der Waals surface area contributed by atoms with Gasteiger partial charge < -0.3 is 0 Å². The van der Waals surface area contributed by atoms with Gasteiger partial charge in [0.05, 0.1) is 4.91 Å². The van der Waals surface area contributed by atoms with Crippen molar-refractivity contribution in [3.63, 3.8) is 0 Å². The van der Waals surface area contributed by atoms with Crippen molar-refractivity contribution in [2.75, 3.05) is 0 Å². The molecule has 1 aromatic carbocycles. The fraction of sp³-hybridized carbons (Fsp3) is 0.412. The molecule has 1 aliphatic heterocycles. The molecule has 1 fully saturated rings. The molecule has 21 heavy (non-hydrogen) atoms. The molecule has 0 bridgehead atoms. The standard InChI is InChI=1S/C17H21NO2S/c1-11(2)18-15(19)14(21-16(18)20)10-12-6-8-13(9-7-12)17(3,4)5/h6-11H,1-5H3. The van der Waals surface area contributed by atoms with Gasteiger partial charge in [-0.1, -0.05) is 45.0 Å². The molecule has 1 saturated heterocycles. The molecule has 2 amide bonds. The van der Waals surface area contributed by atoms with Gasteiger partial charge in [-0.2, -0.15) is 0 Å². The van der Waals surface area contributed by atoms with Crippen molar-refractivity contribution in [2.45, 2.75) is 46.1 Å². The van der Waals surface area contributed by atoms with E-state index >= 15 is 0 Å². The van der Waals surface area contributed by atoms with Crippen molar-refractivity contribution >= 4 is 29.0 Å². The number of hydrogen-bond donors (Lipinski definition) is 0. The van der Waals surface area contributed by atoms with E-state index in [0.29, 0.717) is 4.91 Å². The first-order valence-electron chi connectivity index (χ1n) is 7.08. The van der Waals surface area contributed by atoms with Crippen molar-refractivity contribution in [3.05, 3.63) is 40.3 Å². The topological polar surface area (TPSA) is 37.4 Å². The first-order chi connectivity index (χ1) is 9.70. The molecule has 1 aliphatic rings. The Hall–Kier alpha value is -1.55. The lowest BCUT2D eigenvalue weighted by Crippen LogP contribution is -2.34. The van der Waals surface area contributed by atoms with Crippen LogP contribution in [-0.4, -0.2) is 22.1 Å². The molecule has 0 aliphatic carbocycles. The zero-order chi connectivity index (χ0) is 15.8. The monoisotopic (exact) mass is 303 g/mol. The van der Waals surface area contributed by atoms with Gasteiger partial charge in [0.15, 0.2) is 0 Å². The Morgan fingerprint density at radius 1 is 1.10 bits per heavy atom. The Labute approximate surface area is 130 Å². The van der Waals surface area contributed by atoms with Crippen LogP contribution in [0, 0.1) is 0 Å². The largest absolute Gasteiger partial charge is 0.293 e. The van der Waals surface area contributed by atoms with Crippen molar-refractivity contribution in [3.8, 4) is 0 Å². The third-order valence-electron chi connectivity index (χ3n) is 3.41. The van der Waals surface area contributed by atoms with Crippen LogP contribution in [0.15, 0.2) is 29.2 Å². The lowest BCUT2D eigenvalue weighted by Gasteiger charge is -2.18. The van der Waals surface area contributed by atoms with E-state index in [9.17, 15) is 9.59 Å². The van der Waals surface area contributed by atoms with Crippen molar-refractivity contribution in [1.29, 1.82) is 0 Å². The number of thioether (sulfide) groups is 1. The van der Waals surface area contributed by atoms with Crippen molar-refractivity contribution < 1.29 is 9.59 Å². The fourth-order valence-corrected chi connectivity index (χ4v) is 3.12. The number of carbonyl (C=O) groups excluding carboxylic acids is 2. The van der Waals surface area contributed by atoms with E-state index in [-0.39, 0.29) is 22.6 Å². The molecule has 1 heterocycles. The van der Waals surface area contributed by atoms with Crippen molar-refractivity contribution in [1.82, 2.24) is 4.90 Å². The number of amides is 2. The van der Waals surface area contributed by atoms with Crippen LogP contribution in [0.2, 0.25) is 0 Å². The average molecular weight is 303 g/mol. The summed E-state index contributed by atoms with van der Waals surface area (Å²) in [6.45, 7) is 10.2. The highest BCUT2D eigenvalue weighted by atomic mass is 32.2. The molecular weight excluding hydrogens is 282 g/mol. The number of nitrogens with zero attached hydrogens (tertiary/aromatic N) is 1. The summed E-state index contributed by atoms with van der Waals surface area (Å²) in [5, 5.41) is -0.187. The van der Waals surface area contributed by atoms with Gasteiger partial charge in [-0.15, -0.1) is 0 Å². The van der Waals surface area contributed by atoms with Crippen LogP contribution in [0.25, 0.3) is 6.08 Å². The summed E-state index contributed by atoms with van der Waals surface area (Å²) in [5.74, 6) is -0.195. The first-order valence-corrected chi connectivity index (χ1v) is 7.89. The van der Waals surface area contributed by atoms with Gasteiger partial charge in [0, 0.05) is 6.04 Å². The minimum Gasteiger partial charge on any atom is -0.268 e. The number of carbonyl (C=O) groups is 2. The van der Waals surface area contributed by atoms with Gasteiger partial charge >= 0.3 is 0 Å². The minimum atomic E-state index is -0.195. The first kappa shape index (κ1) is 15.8. The van der Waals surface area contributed by atoms with E-state index < -0.39 is 0 Å². The van der Waals surface area contributed by atoms with E-state index in [2.05, 4.69) is 32.9 Å². The number of benzene rings is 1. The molecular formula is C17H21NO2S. The third-order valence-corrected chi connectivity index (χ3v) is 4.30. The summed E-state index contributed by atoms with van der Waals surface area (Å²) < 4.78 is 0. The van der Waals surface area contributed by atoms with E-state index in [0.717, 1.165) is 17.3 Å². The van der Waals surface area contributed by atoms with E-state index in [4.69, 9.17) is 0 Å². The zero-order valence-electron chi connectivity index (χ0n) is 13.1. The van der Waals surface area contributed by atoms with Gasteiger partial charge in [-0.25, -0.2) is 0 Å². The molecule has 0 spiro atoms. The Bertz CT molecular complexity index is 594. The van der Waals surface area contributed by atoms with Crippen LogP contribution in [0.4, 0.5) is 4.79 Å². The minimum absolute atomic E-state index is 0.105. The molecule has 0 unspecified atom stereocenters. The van der Waals surface area contributed by atoms with E-state index in [1.807, 2.05) is 26.0 Å². The summed E-state index contributed by atoms with van der Waals surface area (Å²) in [7, 11) is 0. The molecule has 0 saturated carbocycles. The maximum absolute atomic E-state index is 12.2. The summed E-state index contributed by atoms with van der Waals surface area (Å²) >= 11 is 1.01. The van der Waals surface area contributed by atoms with Gasteiger partial charge in [0.1, 0.15) is 0 Å². The smallest absolute Gasteiger partial charge is 0.268 e. The second-order valence-electron chi connectivity index (χ2n) is 6.52. The maximum Gasteiger partial charge on any atom is 0.293 e. The average Bonchev–Trinajstić information content (AvgIpc) is 2.64. The Morgan fingerprint density at radius 2 is 1.67 bits per heavy atom. The molecule has 2 rings (SSSR count). The molecule has 4 heteroatoms. The van der Waals surface area contributed by atoms with Gasteiger partial charge in [-0.05, 0) is 48.2 Å². The fourth-order valence-electron chi connectivity index (χ4n) is 2.16. The molecule has 0 N–H and O–H groups in total. The second-order valence-corrected chi connectivity index (χ2v) is 7.51. The lowest BCUT2D eigenvalue weighted by atomic mass is 9.87. The van der Waals surface area contributed by atoms with Crippen LogP contribution in [0.3, 0.4) is 0 Å². The number of imide groups is 1. The van der Waals surface area contributed by atoms with Crippen LogP contribution in [0.1, 0.15) is 45.7 Å². The number of rotatable bonds is 2. The highest BCUT2D eigenvalue weighted by molar-refractivity contribution is 8.18. The molecule has 112 valence electrons. The zero-order valence-corrected chi connectivity index (χ0v) is 14.0. The number of hydrogen-bond acceptors (Lipinski definition) is 3. The maximum atomic E-state index is 12.2. The normalized spacial score (nSPS) is 18.2. The molecule has 1 aromatic rings. The van der Waals surface area contributed by atoms with E-state index in [1.165, 1.54) is 10.5 Å². The molecule has 0 atom stereocenters. The summed E-state index contributed by atoms with van der Waals surface area (Å²) in [5.41, 5.74) is 2.29. The Morgan fingerprint density at radius 3 is 2.10 bits per heavy atom. The van der Waals surface area contributed by atoms with Crippen LogP contribution in [0.5, 0.6) is 0 Å². The summed E-state index contributed by atoms with van der Waals surface area (Å²) in [6.07, 6.45) is 1.79. The van der Waals surface area contributed by atoms with Crippen molar-refractivity contribution in [2.24, 2.45) is 0 Å². The quantitative estimate of drug-likeness (QED) is 0.759. The van der Waals surface area contributed by atoms with Gasteiger partial charge in [-0.3, -0.25) is 14.5 Å². The van der Waals surface area contributed by atoms with Crippen LogP contribution < -0.4 is 0 Å². The third kappa shape index (κ3) is 3.38. The summed E-state index contributed by atoms with van der Waals surface area (Å²) in [4.78, 5) is 25.8. The highest BCUT2D eigenvalue weighted by Crippen LogP contribution is 2.33. The second kappa shape index (κ2) is 5.68. The highest BCUT2D eigenvalue weighted by Gasteiger charge is 2.36. The van der Waals surface area contributed by atoms with Crippen LogP contribution >= 0.6 is 11.8 Å². The van der Waals surface area contributed by atoms with Gasteiger partial charge in [0.25, 0.3) is 11.1 Å². The molecule has 0 radical (unpaired) electrons. The Balaban J connectivity index is 2.25.